The number of rotatable bonds is 2. The second-order valence-corrected chi connectivity index (χ2v) is 3.48. The minimum atomic E-state index is -0.968. The molecular weight excluding hydrogens is 258 g/mol. The summed E-state index contributed by atoms with van der Waals surface area (Å²) in [4.78, 5) is 17.2. The highest BCUT2D eigenvalue weighted by Crippen LogP contribution is 2.20. The molecule has 20 heavy (non-hydrogen) atoms. The number of aryl methyl sites for hydroxylation is 2. The molecule has 0 unspecified atom stereocenters. The molecule has 1 aromatic carbocycles. The second kappa shape index (κ2) is 15.2. The van der Waals surface area contributed by atoms with Crippen molar-refractivity contribution >= 4 is 12.8 Å². The Morgan fingerprint density at radius 1 is 1.20 bits per heavy atom. The van der Waals surface area contributed by atoms with Gasteiger partial charge in [-0.1, -0.05) is 13.8 Å². The molecule has 116 valence electrons. The number of carboxylic acid groups (broad SMARTS) is 1. The Balaban J connectivity index is -0.000000272. The zero-order valence-electron chi connectivity index (χ0n) is 13.3. The number of hydrogen-bond donors (Lipinski definition) is 2. The lowest BCUT2D eigenvalue weighted by molar-refractivity contribution is -0.135. The maximum atomic E-state index is 9.24. The lowest BCUT2D eigenvalue weighted by atomic mass is 10.0. The van der Waals surface area contributed by atoms with E-state index in [0.29, 0.717) is 0 Å². The van der Waals surface area contributed by atoms with Crippen molar-refractivity contribution in [2.24, 2.45) is 5.73 Å². The van der Waals surface area contributed by atoms with Crippen LogP contribution in [0, 0.1) is 20.8 Å². The summed E-state index contributed by atoms with van der Waals surface area (Å²) in [5, 5.41) is 7.60. The molecule has 0 aliphatic heterocycles. The summed E-state index contributed by atoms with van der Waals surface area (Å²) in [6.07, 6.45) is 0. The van der Waals surface area contributed by atoms with Crippen molar-refractivity contribution in [3.05, 3.63) is 28.8 Å². The van der Waals surface area contributed by atoms with E-state index in [-0.39, 0.29) is 6.54 Å². The average molecular weight is 285 g/mol. The van der Waals surface area contributed by atoms with Crippen LogP contribution in [0.5, 0.6) is 5.75 Å². The average Bonchev–Trinajstić information content (AvgIpc) is 2.48. The predicted octanol–water partition coefficient (Wildman–Crippen LogP) is 2.49. The fraction of sp³-hybridized carbons (Fsp3) is 0.467. The minimum absolute atomic E-state index is 0.278. The predicted molar refractivity (Wildman–Crippen MR) is 82.4 cm³/mol. The van der Waals surface area contributed by atoms with E-state index in [2.05, 4.69) is 38.6 Å². The summed E-state index contributed by atoms with van der Waals surface area (Å²) in [6.45, 7) is 12.1. The summed E-state index contributed by atoms with van der Waals surface area (Å²) in [5.74, 6) is -0.0180. The molecule has 0 spiro atoms. The van der Waals surface area contributed by atoms with E-state index < -0.39 is 5.97 Å². The molecule has 3 N–H and O–H groups in total. The van der Waals surface area contributed by atoms with Crippen LogP contribution in [0.4, 0.5) is 0 Å². The van der Waals surface area contributed by atoms with Gasteiger partial charge in [0.2, 0.25) is 0 Å². The number of carbonyl (C=O) groups excluding carboxylic acids is 1. The maximum Gasteiger partial charge on any atom is 0.317 e. The summed E-state index contributed by atoms with van der Waals surface area (Å²) >= 11 is 0. The molecular formula is C15H27NO4. The first kappa shape index (κ1) is 23.2. The van der Waals surface area contributed by atoms with Crippen molar-refractivity contribution in [2.75, 3.05) is 13.7 Å². The van der Waals surface area contributed by atoms with Gasteiger partial charge in [-0.15, -0.1) is 0 Å². The molecule has 0 aliphatic carbocycles. The molecule has 0 fully saturated rings. The van der Waals surface area contributed by atoms with Crippen molar-refractivity contribution in [2.45, 2.75) is 34.6 Å². The first-order valence-electron chi connectivity index (χ1n) is 6.25. The van der Waals surface area contributed by atoms with Crippen LogP contribution >= 0.6 is 0 Å². The maximum absolute atomic E-state index is 9.24. The Kier molecular flexibility index (Phi) is 17.6. The summed E-state index contributed by atoms with van der Waals surface area (Å²) in [5.41, 5.74) is 8.51. The molecule has 0 amide bonds. The number of aliphatic carboxylic acids is 1. The highest BCUT2D eigenvalue weighted by atomic mass is 16.5. The number of hydrogen-bond acceptors (Lipinski definition) is 4. The van der Waals surface area contributed by atoms with Crippen molar-refractivity contribution in [1.29, 1.82) is 0 Å². The van der Waals surface area contributed by atoms with Crippen molar-refractivity contribution in [3.8, 4) is 5.75 Å². The number of methoxy groups -OCH3 is 1. The largest absolute Gasteiger partial charge is 0.497 e. The molecule has 1 aromatic rings. The Morgan fingerprint density at radius 2 is 1.50 bits per heavy atom. The van der Waals surface area contributed by atoms with Crippen LogP contribution in [-0.4, -0.2) is 31.5 Å². The standard InChI is InChI=1S/C10H14O.C2H5NO2.C2H6.CH2O/c1-7-5-10(11-4)6-8(2)9(7)3;3-1-2(4)5;2*1-2/h5-6H,1-4H3;1,3H2,(H,4,5);1-2H3;1H2. The normalized spacial score (nSPS) is 7.75. The third-order valence-corrected chi connectivity index (χ3v) is 2.31. The Morgan fingerprint density at radius 3 is 1.70 bits per heavy atom. The van der Waals surface area contributed by atoms with Gasteiger partial charge in [0.25, 0.3) is 0 Å². The van der Waals surface area contributed by atoms with Gasteiger partial charge in [0, 0.05) is 0 Å². The number of carbonyl (C=O) groups is 2. The molecule has 0 bridgehead atoms. The van der Waals surface area contributed by atoms with Gasteiger partial charge in [0.1, 0.15) is 12.5 Å². The molecule has 5 heteroatoms. The van der Waals surface area contributed by atoms with Crippen LogP contribution in [0.1, 0.15) is 30.5 Å². The Labute approximate surface area is 121 Å². The highest BCUT2D eigenvalue weighted by molar-refractivity contribution is 5.68. The van der Waals surface area contributed by atoms with Gasteiger partial charge in [-0.3, -0.25) is 4.79 Å². The molecule has 0 aliphatic rings. The van der Waals surface area contributed by atoms with Crippen molar-refractivity contribution < 1.29 is 19.4 Å². The smallest absolute Gasteiger partial charge is 0.317 e. The zero-order valence-corrected chi connectivity index (χ0v) is 13.3. The summed E-state index contributed by atoms with van der Waals surface area (Å²) < 4.78 is 5.13. The van der Waals surface area contributed by atoms with Gasteiger partial charge in [-0.2, -0.15) is 0 Å². The van der Waals surface area contributed by atoms with Gasteiger partial charge in [0.05, 0.1) is 13.7 Å². The quantitative estimate of drug-likeness (QED) is 0.871. The van der Waals surface area contributed by atoms with Crippen molar-refractivity contribution in [1.82, 2.24) is 0 Å². The molecule has 0 saturated heterocycles. The number of nitrogens with two attached hydrogens (primary N) is 1. The zero-order chi connectivity index (χ0) is 16.7. The molecule has 0 saturated carbocycles. The fourth-order valence-corrected chi connectivity index (χ4v) is 1.11. The number of carboxylic acids is 1. The van der Waals surface area contributed by atoms with Gasteiger partial charge < -0.3 is 20.4 Å². The SMILES string of the molecule is C=O.CC.COc1cc(C)c(C)c(C)c1.NCC(=O)O. The summed E-state index contributed by atoms with van der Waals surface area (Å²) in [7, 11) is 1.70. The fourth-order valence-electron chi connectivity index (χ4n) is 1.11. The van der Waals surface area contributed by atoms with Gasteiger partial charge in [-0.05, 0) is 49.6 Å². The van der Waals surface area contributed by atoms with E-state index in [9.17, 15) is 4.79 Å². The Bertz CT molecular complexity index is 355. The van der Waals surface area contributed by atoms with E-state index >= 15 is 0 Å². The van der Waals surface area contributed by atoms with Gasteiger partial charge >= 0.3 is 5.97 Å². The second-order valence-electron chi connectivity index (χ2n) is 3.48. The van der Waals surface area contributed by atoms with E-state index in [1.807, 2.05) is 20.6 Å². The molecule has 0 heterocycles. The lowest BCUT2D eigenvalue weighted by Gasteiger charge is -2.07. The van der Waals surface area contributed by atoms with Crippen LogP contribution in [0.2, 0.25) is 0 Å². The van der Waals surface area contributed by atoms with Crippen LogP contribution in [0.25, 0.3) is 0 Å². The number of ether oxygens (including phenoxy) is 1. The highest BCUT2D eigenvalue weighted by Gasteiger charge is 1.99. The molecule has 0 radical (unpaired) electrons. The van der Waals surface area contributed by atoms with Crippen molar-refractivity contribution in [3.63, 3.8) is 0 Å². The summed E-state index contributed by atoms with van der Waals surface area (Å²) in [6, 6.07) is 4.12. The third kappa shape index (κ3) is 11.2. The van der Waals surface area contributed by atoms with Gasteiger partial charge in [0.15, 0.2) is 0 Å². The van der Waals surface area contributed by atoms with Crippen LogP contribution in [-0.2, 0) is 9.59 Å². The molecule has 5 nitrogen and oxygen atoms in total. The van der Waals surface area contributed by atoms with E-state index in [1.165, 1.54) is 16.7 Å². The first-order chi connectivity index (χ1) is 9.42. The van der Waals surface area contributed by atoms with E-state index in [0.717, 1.165) is 5.75 Å². The van der Waals surface area contributed by atoms with Gasteiger partial charge in [-0.25, -0.2) is 0 Å². The Hall–Kier alpha value is -1.88. The number of benzene rings is 1. The molecule has 0 aromatic heterocycles. The first-order valence-corrected chi connectivity index (χ1v) is 6.25. The monoisotopic (exact) mass is 285 g/mol. The van der Waals surface area contributed by atoms with E-state index in [1.54, 1.807) is 7.11 Å². The minimum Gasteiger partial charge on any atom is -0.497 e. The van der Waals surface area contributed by atoms with Crippen LogP contribution < -0.4 is 10.5 Å². The van der Waals surface area contributed by atoms with Crippen LogP contribution in [0.3, 0.4) is 0 Å². The molecule has 0 atom stereocenters. The lowest BCUT2D eigenvalue weighted by Crippen LogP contribution is -2.10. The van der Waals surface area contributed by atoms with Crippen LogP contribution in [0.15, 0.2) is 12.1 Å². The molecule has 1 rings (SSSR count). The van der Waals surface area contributed by atoms with E-state index in [4.69, 9.17) is 14.6 Å². The topological polar surface area (TPSA) is 89.6 Å². The third-order valence-electron chi connectivity index (χ3n) is 2.31.